The largest absolute Gasteiger partial charge is 0.321 e. The maximum Gasteiger partial charge on any atom is 0.156 e. The summed E-state index contributed by atoms with van der Waals surface area (Å²) in [6.07, 6.45) is 1.66. The summed E-state index contributed by atoms with van der Waals surface area (Å²) in [5.74, 6) is 0.165. The highest BCUT2D eigenvalue weighted by Gasteiger charge is 2.19. The molecule has 0 spiro atoms. The monoisotopic (exact) mass is 248 g/mol. The quantitative estimate of drug-likeness (QED) is 0.871. The molecule has 0 saturated carbocycles. The van der Waals surface area contributed by atoms with Crippen molar-refractivity contribution in [3.05, 3.63) is 16.1 Å². The molecule has 15 heavy (non-hydrogen) atoms. The van der Waals surface area contributed by atoms with Crippen LogP contribution in [-0.2, 0) is 21.1 Å². The Bertz CT molecular complexity index is 429. The van der Waals surface area contributed by atoms with Crippen LogP contribution in [0.25, 0.3) is 0 Å². The van der Waals surface area contributed by atoms with E-state index in [1.54, 1.807) is 13.1 Å². The van der Waals surface area contributed by atoms with Gasteiger partial charge in [0.2, 0.25) is 0 Å². The van der Waals surface area contributed by atoms with E-state index >= 15 is 0 Å². The summed E-state index contributed by atoms with van der Waals surface area (Å²) in [5, 5.41) is 0.616. The van der Waals surface area contributed by atoms with Gasteiger partial charge in [-0.15, -0.1) is 11.3 Å². The van der Waals surface area contributed by atoms with E-state index in [9.17, 15) is 8.42 Å². The molecular weight excluding hydrogens is 232 g/mol. The molecule has 1 heterocycles. The van der Waals surface area contributed by atoms with Gasteiger partial charge in [-0.1, -0.05) is 6.92 Å². The standard InChI is InChI=1S/C9H16N2O2S2/c1-4-15(12,13)6-8-11-5-7(14-8)9(2,3)10/h5H,4,6,10H2,1-3H3. The van der Waals surface area contributed by atoms with Crippen molar-refractivity contribution in [2.75, 3.05) is 5.75 Å². The van der Waals surface area contributed by atoms with Gasteiger partial charge in [0.05, 0.1) is 0 Å². The van der Waals surface area contributed by atoms with Gasteiger partial charge >= 0.3 is 0 Å². The highest BCUT2D eigenvalue weighted by molar-refractivity contribution is 7.90. The van der Waals surface area contributed by atoms with E-state index in [1.807, 2.05) is 13.8 Å². The number of nitrogens with two attached hydrogens (primary N) is 1. The number of aromatic nitrogens is 1. The van der Waals surface area contributed by atoms with Crippen molar-refractivity contribution < 1.29 is 8.42 Å². The van der Waals surface area contributed by atoms with Crippen molar-refractivity contribution in [3.63, 3.8) is 0 Å². The highest BCUT2D eigenvalue weighted by Crippen LogP contribution is 2.24. The second-order valence-electron chi connectivity index (χ2n) is 4.02. The molecule has 0 bridgehead atoms. The average molecular weight is 248 g/mol. The highest BCUT2D eigenvalue weighted by atomic mass is 32.2. The zero-order valence-corrected chi connectivity index (χ0v) is 10.8. The lowest BCUT2D eigenvalue weighted by atomic mass is 10.1. The van der Waals surface area contributed by atoms with Crippen LogP contribution in [0.1, 0.15) is 30.7 Å². The van der Waals surface area contributed by atoms with Crippen LogP contribution < -0.4 is 5.73 Å². The van der Waals surface area contributed by atoms with Crippen molar-refractivity contribution in [2.24, 2.45) is 5.73 Å². The fourth-order valence-electron chi connectivity index (χ4n) is 0.965. The molecule has 0 amide bonds. The minimum Gasteiger partial charge on any atom is -0.321 e. The molecule has 6 heteroatoms. The number of rotatable bonds is 4. The number of nitrogens with zero attached hydrogens (tertiary/aromatic N) is 1. The van der Waals surface area contributed by atoms with Crippen LogP contribution >= 0.6 is 11.3 Å². The van der Waals surface area contributed by atoms with E-state index in [0.29, 0.717) is 5.01 Å². The molecule has 0 aliphatic rings. The Labute approximate surface area is 94.4 Å². The summed E-state index contributed by atoms with van der Waals surface area (Å²) in [6.45, 7) is 5.38. The minimum atomic E-state index is -3.00. The topological polar surface area (TPSA) is 73.0 Å². The van der Waals surface area contributed by atoms with Crippen LogP contribution in [-0.4, -0.2) is 19.2 Å². The van der Waals surface area contributed by atoms with Crippen LogP contribution in [0.15, 0.2) is 6.20 Å². The summed E-state index contributed by atoms with van der Waals surface area (Å²) in [5.41, 5.74) is 5.43. The Morgan fingerprint density at radius 2 is 2.13 bits per heavy atom. The fourth-order valence-corrected chi connectivity index (χ4v) is 3.12. The number of hydrogen-bond donors (Lipinski definition) is 1. The van der Waals surface area contributed by atoms with Gasteiger partial charge in [0.15, 0.2) is 9.84 Å². The van der Waals surface area contributed by atoms with Crippen molar-refractivity contribution in [3.8, 4) is 0 Å². The van der Waals surface area contributed by atoms with E-state index < -0.39 is 15.4 Å². The lowest BCUT2D eigenvalue weighted by Crippen LogP contribution is -2.27. The Balaban J connectivity index is 2.87. The second kappa shape index (κ2) is 4.19. The summed E-state index contributed by atoms with van der Waals surface area (Å²) in [7, 11) is -3.00. The zero-order valence-electron chi connectivity index (χ0n) is 9.15. The third-order valence-corrected chi connectivity index (χ3v) is 5.08. The van der Waals surface area contributed by atoms with Crippen molar-refractivity contribution in [1.29, 1.82) is 0 Å². The van der Waals surface area contributed by atoms with E-state index in [-0.39, 0.29) is 11.5 Å². The van der Waals surface area contributed by atoms with Gasteiger partial charge in [-0.25, -0.2) is 13.4 Å². The molecule has 2 N–H and O–H groups in total. The summed E-state index contributed by atoms with van der Waals surface area (Å²) in [6, 6.07) is 0. The normalized spacial score (nSPS) is 13.1. The second-order valence-corrected chi connectivity index (χ2v) is 7.48. The minimum absolute atomic E-state index is 0.0181. The molecule has 1 aromatic rings. The fraction of sp³-hybridized carbons (Fsp3) is 0.667. The van der Waals surface area contributed by atoms with Gasteiger partial charge < -0.3 is 5.73 Å². The van der Waals surface area contributed by atoms with E-state index in [4.69, 9.17) is 5.73 Å². The first kappa shape index (κ1) is 12.6. The van der Waals surface area contributed by atoms with E-state index in [1.165, 1.54) is 11.3 Å². The molecule has 0 aromatic carbocycles. The van der Waals surface area contributed by atoms with Gasteiger partial charge in [0.25, 0.3) is 0 Å². The first-order valence-electron chi connectivity index (χ1n) is 4.69. The number of thiazole rings is 1. The zero-order chi connectivity index (χ0) is 11.7. The van der Waals surface area contributed by atoms with Crippen LogP contribution in [0.3, 0.4) is 0 Å². The molecule has 0 radical (unpaired) electrons. The molecule has 0 unspecified atom stereocenters. The van der Waals surface area contributed by atoms with Crippen LogP contribution in [0, 0.1) is 0 Å². The predicted octanol–water partition coefficient (Wildman–Crippen LogP) is 1.27. The third-order valence-electron chi connectivity index (χ3n) is 1.97. The van der Waals surface area contributed by atoms with Gasteiger partial charge in [-0.2, -0.15) is 0 Å². The maximum atomic E-state index is 11.4. The van der Waals surface area contributed by atoms with Crippen molar-refractivity contribution in [1.82, 2.24) is 4.98 Å². The van der Waals surface area contributed by atoms with Gasteiger partial charge in [0, 0.05) is 22.4 Å². The first-order valence-corrected chi connectivity index (χ1v) is 7.33. The third kappa shape index (κ3) is 3.55. The van der Waals surface area contributed by atoms with Gasteiger partial charge in [-0.05, 0) is 13.8 Å². The predicted molar refractivity (Wildman–Crippen MR) is 62.5 cm³/mol. The molecular formula is C9H16N2O2S2. The molecule has 1 rings (SSSR count). The lowest BCUT2D eigenvalue weighted by Gasteiger charge is -2.14. The Morgan fingerprint density at radius 3 is 2.53 bits per heavy atom. The van der Waals surface area contributed by atoms with Crippen molar-refractivity contribution in [2.45, 2.75) is 32.1 Å². The van der Waals surface area contributed by atoms with Crippen LogP contribution in [0.2, 0.25) is 0 Å². The van der Waals surface area contributed by atoms with Crippen molar-refractivity contribution >= 4 is 21.2 Å². The van der Waals surface area contributed by atoms with E-state index in [0.717, 1.165) is 4.88 Å². The Hall–Kier alpha value is -0.460. The van der Waals surface area contributed by atoms with Gasteiger partial charge in [0.1, 0.15) is 10.8 Å². The lowest BCUT2D eigenvalue weighted by molar-refractivity contribution is 0.566. The molecule has 0 saturated heterocycles. The number of hydrogen-bond acceptors (Lipinski definition) is 5. The summed E-state index contributed by atoms with van der Waals surface area (Å²) >= 11 is 1.37. The number of sulfone groups is 1. The smallest absolute Gasteiger partial charge is 0.156 e. The molecule has 0 fully saturated rings. The molecule has 0 aliphatic heterocycles. The van der Waals surface area contributed by atoms with E-state index in [2.05, 4.69) is 4.98 Å². The average Bonchev–Trinajstić information content (AvgIpc) is 2.51. The van der Waals surface area contributed by atoms with Crippen LogP contribution in [0.4, 0.5) is 0 Å². The summed E-state index contributed by atoms with van der Waals surface area (Å²) < 4.78 is 22.7. The SMILES string of the molecule is CCS(=O)(=O)Cc1ncc(C(C)(C)N)s1. The Kier molecular flexibility index (Phi) is 3.52. The molecule has 86 valence electrons. The maximum absolute atomic E-state index is 11.4. The Morgan fingerprint density at radius 1 is 1.53 bits per heavy atom. The molecule has 0 atom stereocenters. The summed E-state index contributed by atoms with van der Waals surface area (Å²) in [4.78, 5) is 4.98. The van der Waals surface area contributed by atoms with Gasteiger partial charge in [-0.3, -0.25) is 0 Å². The first-order chi connectivity index (χ1) is 6.74. The van der Waals surface area contributed by atoms with Crippen LogP contribution in [0.5, 0.6) is 0 Å². The molecule has 1 aromatic heterocycles. The molecule has 4 nitrogen and oxygen atoms in total. The molecule has 0 aliphatic carbocycles.